The predicted molar refractivity (Wildman–Crippen MR) is 72.6 cm³/mol. The Morgan fingerprint density at radius 3 is 2.79 bits per heavy atom. The van der Waals surface area contributed by atoms with Crippen LogP contribution in [0, 0.1) is 0 Å². The molecule has 0 bridgehead atoms. The van der Waals surface area contributed by atoms with Crippen LogP contribution in [0.5, 0.6) is 5.75 Å². The Hall–Kier alpha value is -2.14. The third-order valence-corrected chi connectivity index (χ3v) is 3.23. The van der Waals surface area contributed by atoms with Gasteiger partial charge in [-0.1, -0.05) is 18.2 Å². The quantitative estimate of drug-likeness (QED) is 0.645. The second-order valence-corrected chi connectivity index (χ2v) is 4.51. The van der Waals surface area contributed by atoms with Gasteiger partial charge in [0.15, 0.2) is 5.82 Å². The predicted octanol–water partition coefficient (Wildman–Crippen LogP) is 1.83. The fourth-order valence-corrected chi connectivity index (χ4v) is 2.33. The molecule has 19 heavy (non-hydrogen) atoms. The number of nitrogens with two attached hydrogens (primary N) is 1. The summed E-state index contributed by atoms with van der Waals surface area (Å²) in [6.45, 7) is 0.353. The minimum atomic E-state index is 0.353. The number of hydrazine groups is 1. The largest absolute Gasteiger partial charge is 0.486 e. The first-order chi connectivity index (χ1) is 9.36. The van der Waals surface area contributed by atoms with Gasteiger partial charge in [-0.25, -0.2) is 15.8 Å². The molecule has 3 rings (SSSR count). The number of ether oxygens (including phenoxy) is 1. The van der Waals surface area contributed by atoms with E-state index in [0.717, 1.165) is 42.1 Å². The normalized spacial score (nSPS) is 13.1. The van der Waals surface area contributed by atoms with Crippen LogP contribution < -0.4 is 16.0 Å². The summed E-state index contributed by atoms with van der Waals surface area (Å²) in [6.07, 6.45) is 3.10. The number of fused-ring (bicyclic) bond motifs is 1. The molecular weight excluding hydrogens is 240 g/mol. The molecule has 2 aromatic rings. The molecule has 1 aromatic heterocycles. The maximum atomic E-state index is 5.66. The molecule has 0 amide bonds. The van der Waals surface area contributed by atoms with Crippen molar-refractivity contribution in [1.29, 1.82) is 0 Å². The summed E-state index contributed by atoms with van der Waals surface area (Å²) in [5, 5.41) is 0. The first-order valence-electron chi connectivity index (χ1n) is 6.40. The summed E-state index contributed by atoms with van der Waals surface area (Å²) in [6, 6.07) is 9.65. The average Bonchev–Trinajstić information content (AvgIpc) is 2.93. The molecule has 1 heterocycles. The maximum absolute atomic E-state index is 5.66. The van der Waals surface area contributed by atoms with Gasteiger partial charge >= 0.3 is 0 Å². The molecule has 1 aliphatic rings. The van der Waals surface area contributed by atoms with Crippen LogP contribution in [0.1, 0.15) is 23.5 Å². The maximum Gasteiger partial charge on any atom is 0.168 e. The second kappa shape index (κ2) is 5.24. The van der Waals surface area contributed by atoms with Gasteiger partial charge in [0.05, 0.1) is 0 Å². The van der Waals surface area contributed by atoms with Crippen LogP contribution in [0.4, 0.5) is 5.82 Å². The smallest absolute Gasteiger partial charge is 0.168 e. The van der Waals surface area contributed by atoms with Crippen LogP contribution in [0.3, 0.4) is 0 Å². The molecule has 0 unspecified atom stereocenters. The number of hydrogen-bond acceptors (Lipinski definition) is 5. The highest BCUT2D eigenvalue weighted by Gasteiger charge is 2.18. The van der Waals surface area contributed by atoms with E-state index in [9.17, 15) is 0 Å². The van der Waals surface area contributed by atoms with E-state index in [1.165, 1.54) is 0 Å². The number of nitrogens with zero attached hydrogens (tertiary/aromatic N) is 2. The number of anilines is 1. The number of nitrogen functional groups attached to an aromatic ring is 1. The van der Waals surface area contributed by atoms with E-state index >= 15 is 0 Å². The van der Waals surface area contributed by atoms with Crippen LogP contribution >= 0.6 is 0 Å². The topological polar surface area (TPSA) is 73.1 Å². The summed E-state index contributed by atoms with van der Waals surface area (Å²) in [5.41, 5.74) is 4.90. The average molecular weight is 256 g/mol. The minimum absolute atomic E-state index is 0.353. The van der Waals surface area contributed by atoms with Crippen molar-refractivity contribution in [1.82, 2.24) is 9.97 Å². The zero-order valence-electron chi connectivity index (χ0n) is 10.6. The number of hydrogen-bond donors (Lipinski definition) is 2. The van der Waals surface area contributed by atoms with E-state index in [1.54, 1.807) is 0 Å². The van der Waals surface area contributed by atoms with Gasteiger partial charge in [0.25, 0.3) is 0 Å². The molecular formula is C14H16N4O. The van der Waals surface area contributed by atoms with Gasteiger partial charge in [-0.3, -0.25) is 0 Å². The Labute approximate surface area is 111 Å². The lowest BCUT2D eigenvalue weighted by molar-refractivity contribution is 0.295. The number of nitrogens with one attached hydrogen (secondary N) is 1. The van der Waals surface area contributed by atoms with Crippen molar-refractivity contribution in [2.75, 3.05) is 5.43 Å². The summed E-state index contributed by atoms with van der Waals surface area (Å²) in [7, 11) is 0. The zero-order valence-corrected chi connectivity index (χ0v) is 10.6. The highest BCUT2D eigenvalue weighted by molar-refractivity contribution is 5.47. The van der Waals surface area contributed by atoms with Crippen molar-refractivity contribution in [3.63, 3.8) is 0 Å². The molecule has 0 fully saturated rings. The van der Waals surface area contributed by atoms with E-state index in [0.29, 0.717) is 12.4 Å². The van der Waals surface area contributed by atoms with Crippen molar-refractivity contribution in [2.45, 2.75) is 25.9 Å². The number of aromatic nitrogens is 2. The lowest BCUT2D eigenvalue weighted by atomic mass is 10.2. The van der Waals surface area contributed by atoms with Gasteiger partial charge in [-0.2, -0.15) is 0 Å². The molecule has 0 spiro atoms. The van der Waals surface area contributed by atoms with E-state index in [4.69, 9.17) is 10.6 Å². The van der Waals surface area contributed by atoms with Crippen molar-refractivity contribution in [2.24, 2.45) is 5.84 Å². The molecule has 5 heteroatoms. The fraction of sp³-hybridized carbons (Fsp3) is 0.286. The Balaban J connectivity index is 1.78. The Morgan fingerprint density at radius 2 is 2.00 bits per heavy atom. The zero-order chi connectivity index (χ0) is 13.1. The summed E-state index contributed by atoms with van der Waals surface area (Å²) < 4.78 is 5.66. The third-order valence-electron chi connectivity index (χ3n) is 3.23. The molecule has 0 atom stereocenters. The van der Waals surface area contributed by atoms with Gasteiger partial charge < -0.3 is 10.2 Å². The molecule has 3 N–H and O–H groups in total. The second-order valence-electron chi connectivity index (χ2n) is 4.51. The summed E-state index contributed by atoms with van der Waals surface area (Å²) in [5.74, 6) is 7.73. The van der Waals surface area contributed by atoms with Crippen molar-refractivity contribution in [3.8, 4) is 5.75 Å². The lowest BCUT2D eigenvalue weighted by Gasteiger charge is -2.10. The molecule has 0 radical (unpaired) electrons. The standard InChI is InChI=1S/C14H16N4O/c15-18-14-11-7-4-8-12(11)16-13(17-14)9-19-10-5-2-1-3-6-10/h1-3,5-6H,4,7-9,15H2,(H,16,17,18). The molecule has 0 saturated carbocycles. The van der Waals surface area contributed by atoms with Crippen LogP contribution in [-0.2, 0) is 19.4 Å². The van der Waals surface area contributed by atoms with Gasteiger partial charge in [0.2, 0.25) is 0 Å². The molecule has 1 aliphatic carbocycles. The van der Waals surface area contributed by atoms with E-state index in [1.807, 2.05) is 30.3 Å². The van der Waals surface area contributed by atoms with Crippen LogP contribution in [0.25, 0.3) is 0 Å². The molecule has 5 nitrogen and oxygen atoms in total. The number of benzene rings is 1. The minimum Gasteiger partial charge on any atom is -0.486 e. The SMILES string of the molecule is NNc1nc(COc2ccccc2)nc2c1CCC2. The summed E-state index contributed by atoms with van der Waals surface area (Å²) in [4.78, 5) is 8.95. The number of aryl methyl sites for hydroxylation is 1. The van der Waals surface area contributed by atoms with Crippen molar-refractivity contribution in [3.05, 3.63) is 47.4 Å². The van der Waals surface area contributed by atoms with E-state index in [-0.39, 0.29) is 0 Å². The van der Waals surface area contributed by atoms with Gasteiger partial charge in [0.1, 0.15) is 18.2 Å². The van der Waals surface area contributed by atoms with Gasteiger partial charge in [0, 0.05) is 11.3 Å². The third kappa shape index (κ3) is 2.51. The number of rotatable bonds is 4. The molecule has 98 valence electrons. The molecule has 0 saturated heterocycles. The molecule has 1 aromatic carbocycles. The monoisotopic (exact) mass is 256 g/mol. The van der Waals surface area contributed by atoms with Crippen molar-refractivity contribution >= 4 is 5.82 Å². The highest BCUT2D eigenvalue weighted by Crippen LogP contribution is 2.25. The van der Waals surface area contributed by atoms with E-state index in [2.05, 4.69) is 15.4 Å². The lowest BCUT2D eigenvalue weighted by Crippen LogP contribution is -2.14. The first kappa shape index (κ1) is 11.9. The van der Waals surface area contributed by atoms with Crippen LogP contribution in [0.15, 0.2) is 30.3 Å². The van der Waals surface area contributed by atoms with Gasteiger partial charge in [-0.05, 0) is 31.4 Å². The van der Waals surface area contributed by atoms with E-state index < -0.39 is 0 Å². The first-order valence-corrected chi connectivity index (χ1v) is 6.40. The van der Waals surface area contributed by atoms with Gasteiger partial charge in [-0.15, -0.1) is 0 Å². The fourth-order valence-electron chi connectivity index (χ4n) is 2.33. The van der Waals surface area contributed by atoms with Crippen LogP contribution in [0.2, 0.25) is 0 Å². The van der Waals surface area contributed by atoms with Crippen LogP contribution in [-0.4, -0.2) is 9.97 Å². The Morgan fingerprint density at radius 1 is 1.16 bits per heavy atom. The van der Waals surface area contributed by atoms with Crippen molar-refractivity contribution < 1.29 is 4.74 Å². The highest BCUT2D eigenvalue weighted by atomic mass is 16.5. The Bertz CT molecular complexity index is 571. The summed E-state index contributed by atoms with van der Waals surface area (Å²) >= 11 is 0. The molecule has 0 aliphatic heterocycles. The number of para-hydroxylation sites is 1. The Kier molecular flexibility index (Phi) is 3.29.